The maximum atomic E-state index is 12.1. The molecule has 5 heteroatoms. The summed E-state index contributed by atoms with van der Waals surface area (Å²) in [6, 6.07) is 20.6. The first kappa shape index (κ1) is 16.0. The molecule has 0 atom stereocenters. The van der Waals surface area contributed by atoms with E-state index in [4.69, 9.17) is 5.26 Å². The minimum Gasteiger partial charge on any atom is -0.268 e. The van der Waals surface area contributed by atoms with E-state index in [0.29, 0.717) is 12.1 Å². The van der Waals surface area contributed by atoms with Crippen LogP contribution in [0.4, 0.5) is 0 Å². The molecule has 0 N–H and O–H groups in total. The average molecular weight is 333 g/mol. The predicted molar refractivity (Wildman–Crippen MR) is 96.0 cm³/mol. The summed E-state index contributed by atoms with van der Waals surface area (Å²) in [7, 11) is 0. The van der Waals surface area contributed by atoms with Crippen LogP contribution in [0.2, 0.25) is 0 Å². The number of aromatic nitrogens is 2. The molecular weight excluding hydrogens is 318 g/mol. The molecule has 2 aromatic carbocycles. The third kappa shape index (κ3) is 3.55. The van der Waals surface area contributed by atoms with Gasteiger partial charge in [-0.3, -0.25) is 4.79 Å². The molecule has 4 nitrogen and oxygen atoms in total. The van der Waals surface area contributed by atoms with Gasteiger partial charge >= 0.3 is 0 Å². The highest BCUT2D eigenvalue weighted by molar-refractivity contribution is 7.98. The summed E-state index contributed by atoms with van der Waals surface area (Å²) in [4.78, 5) is 13.3. The molecule has 0 unspecified atom stereocenters. The minimum atomic E-state index is -0.149. The monoisotopic (exact) mass is 333 g/mol. The Labute approximate surface area is 144 Å². The fourth-order valence-corrected chi connectivity index (χ4v) is 2.74. The number of rotatable bonds is 4. The zero-order valence-electron chi connectivity index (χ0n) is 13.1. The lowest BCUT2D eigenvalue weighted by Gasteiger charge is -2.08. The average Bonchev–Trinajstić information content (AvgIpc) is 2.64. The summed E-state index contributed by atoms with van der Waals surface area (Å²) in [5.41, 5.74) is 3.11. The quantitative estimate of drug-likeness (QED) is 0.685. The largest absolute Gasteiger partial charge is 0.268 e. The Hall–Kier alpha value is -2.84. The van der Waals surface area contributed by atoms with Crippen molar-refractivity contribution in [2.75, 3.05) is 6.26 Å². The van der Waals surface area contributed by atoms with Gasteiger partial charge in [-0.25, -0.2) is 4.68 Å². The standard InChI is InChI=1S/C19H15N3OS/c1-24-17-8-6-16(7-9-17)18-10-11-19(23)22(21-18)13-15-4-2-14(12-20)3-5-15/h2-11H,13H2,1H3. The maximum Gasteiger partial charge on any atom is 0.267 e. The predicted octanol–water partition coefficient (Wildman–Crippen LogP) is 3.55. The van der Waals surface area contributed by atoms with E-state index in [-0.39, 0.29) is 5.56 Å². The lowest BCUT2D eigenvalue weighted by molar-refractivity contribution is 0.642. The van der Waals surface area contributed by atoms with Crippen molar-refractivity contribution in [1.29, 1.82) is 5.26 Å². The summed E-state index contributed by atoms with van der Waals surface area (Å²) in [6.07, 6.45) is 2.03. The van der Waals surface area contributed by atoms with Gasteiger partial charge in [-0.1, -0.05) is 24.3 Å². The van der Waals surface area contributed by atoms with Gasteiger partial charge in [0, 0.05) is 16.5 Å². The van der Waals surface area contributed by atoms with Crippen molar-refractivity contribution in [3.63, 3.8) is 0 Å². The minimum absolute atomic E-state index is 0.149. The van der Waals surface area contributed by atoms with Gasteiger partial charge < -0.3 is 0 Å². The van der Waals surface area contributed by atoms with Crippen LogP contribution in [0.3, 0.4) is 0 Å². The first-order valence-electron chi connectivity index (χ1n) is 7.41. The fourth-order valence-electron chi connectivity index (χ4n) is 2.34. The molecule has 0 aliphatic rings. The first-order valence-corrected chi connectivity index (χ1v) is 8.64. The van der Waals surface area contributed by atoms with E-state index >= 15 is 0 Å². The van der Waals surface area contributed by atoms with Crippen molar-refractivity contribution in [1.82, 2.24) is 9.78 Å². The molecule has 0 radical (unpaired) electrons. The van der Waals surface area contributed by atoms with Gasteiger partial charge in [-0.05, 0) is 42.2 Å². The molecule has 24 heavy (non-hydrogen) atoms. The van der Waals surface area contributed by atoms with Gasteiger partial charge in [0.25, 0.3) is 5.56 Å². The summed E-state index contributed by atoms with van der Waals surface area (Å²) in [5, 5.41) is 13.3. The van der Waals surface area contributed by atoms with Crippen LogP contribution in [0.1, 0.15) is 11.1 Å². The molecular formula is C19H15N3OS. The van der Waals surface area contributed by atoms with Gasteiger partial charge in [0.05, 0.1) is 23.9 Å². The molecule has 0 spiro atoms. The van der Waals surface area contributed by atoms with E-state index in [1.165, 1.54) is 15.6 Å². The molecule has 1 heterocycles. The molecule has 3 aromatic rings. The molecule has 0 saturated heterocycles. The van der Waals surface area contributed by atoms with E-state index in [1.54, 1.807) is 30.0 Å². The van der Waals surface area contributed by atoms with Gasteiger partial charge in [0.15, 0.2) is 0 Å². The van der Waals surface area contributed by atoms with Crippen LogP contribution in [0.15, 0.2) is 70.4 Å². The van der Waals surface area contributed by atoms with Crippen LogP contribution in [-0.4, -0.2) is 16.0 Å². The van der Waals surface area contributed by atoms with Gasteiger partial charge in [-0.15, -0.1) is 11.8 Å². The van der Waals surface area contributed by atoms with Crippen LogP contribution in [-0.2, 0) is 6.54 Å². The zero-order valence-corrected chi connectivity index (χ0v) is 14.0. The normalized spacial score (nSPS) is 10.3. The van der Waals surface area contributed by atoms with Crippen molar-refractivity contribution < 1.29 is 0 Å². The molecule has 0 amide bonds. The van der Waals surface area contributed by atoms with Crippen LogP contribution < -0.4 is 5.56 Å². The number of benzene rings is 2. The Morgan fingerprint density at radius 1 is 1.04 bits per heavy atom. The molecule has 0 saturated carbocycles. The summed E-state index contributed by atoms with van der Waals surface area (Å²) < 4.78 is 1.44. The van der Waals surface area contributed by atoms with Crippen molar-refractivity contribution in [2.24, 2.45) is 0 Å². The zero-order chi connectivity index (χ0) is 16.9. The Morgan fingerprint density at radius 2 is 1.75 bits per heavy atom. The maximum absolute atomic E-state index is 12.1. The smallest absolute Gasteiger partial charge is 0.267 e. The number of nitrogens with zero attached hydrogens (tertiary/aromatic N) is 3. The molecule has 1 aromatic heterocycles. The number of hydrogen-bond acceptors (Lipinski definition) is 4. The number of hydrogen-bond donors (Lipinski definition) is 0. The number of nitriles is 1. The van der Waals surface area contributed by atoms with E-state index in [1.807, 2.05) is 42.7 Å². The van der Waals surface area contributed by atoms with Crippen molar-refractivity contribution in [3.8, 4) is 17.3 Å². The van der Waals surface area contributed by atoms with E-state index in [2.05, 4.69) is 11.2 Å². The Morgan fingerprint density at radius 3 is 2.38 bits per heavy atom. The molecule has 118 valence electrons. The third-order valence-corrected chi connectivity index (χ3v) is 4.41. The second-order valence-corrected chi connectivity index (χ2v) is 6.13. The first-order chi connectivity index (χ1) is 11.7. The summed E-state index contributed by atoms with van der Waals surface area (Å²) in [6.45, 7) is 0.376. The SMILES string of the molecule is CSc1ccc(-c2ccc(=O)n(Cc3ccc(C#N)cc3)n2)cc1. The highest BCUT2D eigenvalue weighted by Gasteiger charge is 2.05. The fraction of sp³-hybridized carbons (Fsp3) is 0.105. The third-order valence-electron chi connectivity index (χ3n) is 3.67. The van der Waals surface area contributed by atoms with Crippen LogP contribution in [0.25, 0.3) is 11.3 Å². The summed E-state index contributed by atoms with van der Waals surface area (Å²) >= 11 is 1.68. The molecule has 0 aliphatic carbocycles. The van der Waals surface area contributed by atoms with Gasteiger partial charge in [0.1, 0.15) is 0 Å². The Bertz CT molecular complexity index is 938. The van der Waals surface area contributed by atoms with E-state index in [0.717, 1.165) is 16.8 Å². The Balaban J connectivity index is 1.90. The van der Waals surface area contributed by atoms with E-state index < -0.39 is 0 Å². The second kappa shape index (κ2) is 7.16. The van der Waals surface area contributed by atoms with Crippen molar-refractivity contribution in [3.05, 3.63) is 82.1 Å². The van der Waals surface area contributed by atoms with Crippen molar-refractivity contribution >= 4 is 11.8 Å². The summed E-state index contributed by atoms with van der Waals surface area (Å²) in [5.74, 6) is 0. The lowest BCUT2D eigenvalue weighted by Crippen LogP contribution is -2.22. The highest BCUT2D eigenvalue weighted by atomic mass is 32.2. The second-order valence-electron chi connectivity index (χ2n) is 5.25. The molecule has 0 bridgehead atoms. The molecule has 0 fully saturated rings. The van der Waals surface area contributed by atoms with Crippen molar-refractivity contribution in [2.45, 2.75) is 11.4 Å². The topological polar surface area (TPSA) is 58.7 Å². The lowest BCUT2D eigenvalue weighted by atomic mass is 10.1. The number of thioether (sulfide) groups is 1. The Kier molecular flexibility index (Phi) is 4.78. The molecule has 0 aliphatic heterocycles. The van der Waals surface area contributed by atoms with Crippen LogP contribution >= 0.6 is 11.8 Å². The highest BCUT2D eigenvalue weighted by Crippen LogP contribution is 2.20. The van der Waals surface area contributed by atoms with Gasteiger partial charge in [-0.2, -0.15) is 10.4 Å². The van der Waals surface area contributed by atoms with Gasteiger partial charge in [0.2, 0.25) is 0 Å². The van der Waals surface area contributed by atoms with E-state index in [9.17, 15) is 4.79 Å². The molecule has 3 rings (SSSR count). The van der Waals surface area contributed by atoms with Crippen LogP contribution in [0.5, 0.6) is 0 Å². The van der Waals surface area contributed by atoms with Crippen LogP contribution in [0, 0.1) is 11.3 Å².